The first-order valence-electron chi connectivity index (χ1n) is 7.02. The standard InChI is InChI=1S/C15H14BrN5/c16-10-3-4-11-12(15-17-9-18-20-15)8-14(19-13(11)7-10)21-5-1-2-6-21/h3-4,7-9H,1-2,5-6H2,(H,17,18,20). The Hall–Kier alpha value is -1.95. The van der Waals surface area contributed by atoms with Gasteiger partial charge < -0.3 is 4.90 Å². The zero-order valence-corrected chi connectivity index (χ0v) is 13.0. The van der Waals surface area contributed by atoms with Gasteiger partial charge in [0.1, 0.15) is 12.1 Å². The normalized spacial score (nSPS) is 15.0. The number of hydrogen-bond donors (Lipinski definition) is 1. The fraction of sp³-hybridized carbons (Fsp3) is 0.267. The molecule has 4 rings (SSSR count). The molecular formula is C15H14BrN5. The van der Waals surface area contributed by atoms with Gasteiger partial charge >= 0.3 is 0 Å². The van der Waals surface area contributed by atoms with E-state index in [-0.39, 0.29) is 0 Å². The summed E-state index contributed by atoms with van der Waals surface area (Å²) in [5, 5.41) is 8.01. The van der Waals surface area contributed by atoms with E-state index >= 15 is 0 Å². The van der Waals surface area contributed by atoms with Crippen molar-refractivity contribution in [2.45, 2.75) is 12.8 Å². The summed E-state index contributed by atoms with van der Waals surface area (Å²) in [4.78, 5) is 11.5. The molecule has 1 saturated heterocycles. The maximum Gasteiger partial charge on any atom is 0.156 e. The molecule has 0 bridgehead atoms. The van der Waals surface area contributed by atoms with Gasteiger partial charge in [-0.2, -0.15) is 5.10 Å². The summed E-state index contributed by atoms with van der Waals surface area (Å²) in [5.74, 6) is 1.80. The molecule has 0 aliphatic carbocycles. The summed E-state index contributed by atoms with van der Waals surface area (Å²) in [6.07, 6.45) is 4.00. The Morgan fingerprint density at radius 2 is 2.00 bits per heavy atom. The van der Waals surface area contributed by atoms with Crippen LogP contribution < -0.4 is 4.90 Å². The van der Waals surface area contributed by atoms with Crippen LogP contribution in [0.5, 0.6) is 0 Å². The van der Waals surface area contributed by atoms with E-state index in [0.29, 0.717) is 0 Å². The van der Waals surface area contributed by atoms with Gasteiger partial charge in [-0.05, 0) is 31.0 Å². The average Bonchev–Trinajstić information content (AvgIpc) is 3.19. The third-order valence-corrected chi connectivity index (χ3v) is 4.35. The number of aromatic amines is 1. The molecule has 0 spiro atoms. The summed E-state index contributed by atoms with van der Waals surface area (Å²) < 4.78 is 1.03. The number of halogens is 1. The van der Waals surface area contributed by atoms with Gasteiger partial charge in [0.15, 0.2) is 5.82 Å². The Balaban J connectivity index is 1.96. The Kier molecular flexibility index (Phi) is 3.11. The lowest BCUT2D eigenvalue weighted by atomic mass is 10.1. The summed E-state index contributed by atoms with van der Waals surface area (Å²) in [6.45, 7) is 2.14. The van der Waals surface area contributed by atoms with E-state index in [1.54, 1.807) is 0 Å². The maximum atomic E-state index is 4.82. The van der Waals surface area contributed by atoms with Gasteiger partial charge in [-0.3, -0.25) is 5.10 Å². The van der Waals surface area contributed by atoms with Gasteiger partial charge in [-0.25, -0.2) is 9.97 Å². The second-order valence-corrected chi connectivity index (χ2v) is 6.13. The van der Waals surface area contributed by atoms with Crippen molar-refractivity contribution in [3.05, 3.63) is 35.1 Å². The van der Waals surface area contributed by atoms with Crippen LogP contribution in [-0.2, 0) is 0 Å². The number of benzene rings is 1. The van der Waals surface area contributed by atoms with Crippen molar-refractivity contribution in [1.29, 1.82) is 0 Å². The molecule has 0 radical (unpaired) electrons. The summed E-state index contributed by atoms with van der Waals surface area (Å²) in [6, 6.07) is 8.26. The van der Waals surface area contributed by atoms with E-state index in [4.69, 9.17) is 4.98 Å². The molecular weight excluding hydrogens is 330 g/mol. The van der Waals surface area contributed by atoms with Crippen molar-refractivity contribution in [3.8, 4) is 11.4 Å². The fourth-order valence-corrected chi connectivity index (χ4v) is 3.18. The van der Waals surface area contributed by atoms with Gasteiger partial charge in [0.2, 0.25) is 0 Å². The van der Waals surface area contributed by atoms with E-state index < -0.39 is 0 Å². The summed E-state index contributed by atoms with van der Waals surface area (Å²) in [7, 11) is 0. The van der Waals surface area contributed by atoms with Gasteiger partial charge in [0.05, 0.1) is 5.52 Å². The molecule has 3 aromatic rings. The molecule has 1 N–H and O–H groups in total. The largest absolute Gasteiger partial charge is 0.357 e. The van der Waals surface area contributed by atoms with Gasteiger partial charge in [0, 0.05) is 28.5 Å². The first-order chi connectivity index (χ1) is 10.3. The van der Waals surface area contributed by atoms with Gasteiger partial charge in [-0.15, -0.1) is 0 Å². The lowest BCUT2D eigenvalue weighted by Gasteiger charge is -2.18. The smallest absolute Gasteiger partial charge is 0.156 e. The number of nitrogens with zero attached hydrogens (tertiary/aromatic N) is 4. The number of aromatic nitrogens is 4. The van der Waals surface area contributed by atoms with Crippen LogP contribution >= 0.6 is 15.9 Å². The van der Waals surface area contributed by atoms with Crippen molar-refractivity contribution in [1.82, 2.24) is 20.2 Å². The fourth-order valence-electron chi connectivity index (χ4n) is 2.83. The second kappa shape index (κ2) is 5.11. The molecule has 5 nitrogen and oxygen atoms in total. The Morgan fingerprint density at radius 1 is 1.14 bits per heavy atom. The predicted octanol–water partition coefficient (Wildman–Crippen LogP) is 3.38. The zero-order chi connectivity index (χ0) is 14.2. The molecule has 0 atom stereocenters. The molecule has 21 heavy (non-hydrogen) atoms. The molecule has 1 aromatic carbocycles. The van der Waals surface area contributed by atoms with Crippen LogP contribution in [0.25, 0.3) is 22.3 Å². The number of nitrogens with one attached hydrogen (secondary N) is 1. The SMILES string of the molecule is Brc1ccc2c(-c3ncn[nH]3)cc(N3CCCC3)nc2c1. The minimum atomic E-state index is 0.783. The lowest BCUT2D eigenvalue weighted by Crippen LogP contribution is -2.19. The lowest BCUT2D eigenvalue weighted by molar-refractivity contribution is 0.944. The van der Waals surface area contributed by atoms with Crippen LogP contribution in [0.3, 0.4) is 0 Å². The Bertz CT molecular complexity index is 778. The molecule has 1 aliphatic rings. The van der Waals surface area contributed by atoms with Crippen LogP contribution in [0.2, 0.25) is 0 Å². The van der Waals surface area contributed by atoms with Crippen molar-refractivity contribution >= 4 is 32.7 Å². The van der Waals surface area contributed by atoms with Crippen LogP contribution in [0, 0.1) is 0 Å². The van der Waals surface area contributed by atoms with E-state index in [2.05, 4.69) is 54.2 Å². The molecule has 3 heterocycles. The Morgan fingerprint density at radius 3 is 2.76 bits per heavy atom. The molecule has 0 unspecified atom stereocenters. The van der Waals surface area contributed by atoms with Crippen LogP contribution in [0.15, 0.2) is 35.1 Å². The monoisotopic (exact) mass is 343 g/mol. The maximum absolute atomic E-state index is 4.82. The summed E-state index contributed by atoms with van der Waals surface area (Å²) >= 11 is 3.52. The van der Waals surface area contributed by atoms with Crippen molar-refractivity contribution < 1.29 is 0 Å². The van der Waals surface area contributed by atoms with Crippen molar-refractivity contribution in [3.63, 3.8) is 0 Å². The second-order valence-electron chi connectivity index (χ2n) is 5.22. The van der Waals surface area contributed by atoms with Crippen molar-refractivity contribution in [2.75, 3.05) is 18.0 Å². The molecule has 1 aliphatic heterocycles. The molecule has 0 saturated carbocycles. The molecule has 2 aromatic heterocycles. The number of anilines is 1. The number of H-pyrrole nitrogens is 1. The highest BCUT2D eigenvalue weighted by Gasteiger charge is 2.17. The van der Waals surface area contributed by atoms with E-state index in [1.807, 2.05) is 6.07 Å². The number of rotatable bonds is 2. The number of pyridine rings is 1. The molecule has 0 amide bonds. The van der Waals surface area contributed by atoms with Gasteiger partial charge in [-0.1, -0.05) is 22.0 Å². The van der Waals surface area contributed by atoms with E-state index in [1.165, 1.54) is 19.2 Å². The van der Waals surface area contributed by atoms with Crippen molar-refractivity contribution in [2.24, 2.45) is 0 Å². The first kappa shape index (κ1) is 12.8. The minimum absolute atomic E-state index is 0.783. The third kappa shape index (κ3) is 2.29. The van der Waals surface area contributed by atoms with E-state index in [9.17, 15) is 0 Å². The quantitative estimate of drug-likeness (QED) is 0.774. The Labute approximate surface area is 130 Å². The highest BCUT2D eigenvalue weighted by molar-refractivity contribution is 9.10. The highest BCUT2D eigenvalue weighted by atomic mass is 79.9. The third-order valence-electron chi connectivity index (χ3n) is 3.86. The first-order valence-corrected chi connectivity index (χ1v) is 7.81. The van der Waals surface area contributed by atoms with Gasteiger partial charge in [0.25, 0.3) is 0 Å². The number of fused-ring (bicyclic) bond motifs is 1. The molecule has 106 valence electrons. The molecule has 6 heteroatoms. The van der Waals surface area contributed by atoms with Crippen LogP contribution in [-0.4, -0.2) is 33.3 Å². The average molecular weight is 344 g/mol. The molecule has 1 fully saturated rings. The highest BCUT2D eigenvalue weighted by Crippen LogP contribution is 2.31. The van der Waals surface area contributed by atoms with Crippen LogP contribution in [0.1, 0.15) is 12.8 Å². The predicted molar refractivity (Wildman–Crippen MR) is 86.3 cm³/mol. The van der Waals surface area contributed by atoms with E-state index in [0.717, 1.165) is 45.7 Å². The zero-order valence-electron chi connectivity index (χ0n) is 11.4. The topological polar surface area (TPSA) is 57.7 Å². The minimum Gasteiger partial charge on any atom is -0.357 e. The number of hydrogen-bond acceptors (Lipinski definition) is 4. The van der Waals surface area contributed by atoms with Crippen LogP contribution in [0.4, 0.5) is 5.82 Å². The summed E-state index contributed by atoms with van der Waals surface area (Å²) in [5.41, 5.74) is 2.02.